The highest BCUT2D eigenvalue weighted by molar-refractivity contribution is 6.28. The lowest BCUT2D eigenvalue weighted by Crippen LogP contribution is -2.18. The second-order valence-corrected chi connectivity index (χ2v) is 5.83. The average molecular weight is 307 g/mol. The van der Waals surface area contributed by atoms with E-state index in [1.807, 2.05) is 24.3 Å². The third-order valence-electron chi connectivity index (χ3n) is 3.93. The van der Waals surface area contributed by atoms with E-state index in [4.69, 9.17) is 21.1 Å². The van der Waals surface area contributed by atoms with E-state index < -0.39 is 0 Å². The molecule has 1 aliphatic rings. The van der Waals surface area contributed by atoms with Gasteiger partial charge in [-0.05, 0) is 54.6 Å². The molecule has 2 aromatic rings. The molecular formula is C16H19ClN2O2. The number of aromatic nitrogens is 2. The van der Waals surface area contributed by atoms with Gasteiger partial charge < -0.3 is 14.0 Å². The van der Waals surface area contributed by atoms with Crippen molar-refractivity contribution in [2.24, 2.45) is 5.92 Å². The minimum atomic E-state index is 0.446. The smallest absolute Gasteiger partial charge is 0.203 e. The summed E-state index contributed by atoms with van der Waals surface area (Å²) in [5.41, 5.74) is 2.16. The van der Waals surface area contributed by atoms with Gasteiger partial charge >= 0.3 is 0 Å². The maximum absolute atomic E-state index is 6.21. The van der Waals surface area contributed by atoms with E-state index in [1.54, 1.807) is 7.11 Å². The minimum Gasteiger partial charge on any atom is -0.497 e. The fourth-order valence-electron chi connectivity index (χ4n) is 2.68. The largest absolute Gasteiger partial charge is 0.497 e. The zero-order chi connectivity index (χ0) is 14.8. The molecular weight excluding hydrogens is 288 g/mol. The Balaban J connectivity index is 1.73. The van der Waals surface area contributed by atoms with Crippen LogP contribution in [-0.4, -0.2) is 16.7 Å². The van der Waals surface area contributed by atoms with Gasteiger partial charge in [0.15, 0.2) is 0 Å². The van der Waals surface area contributed by atoms with Crippen LogP contribution in [0.25, 0.3) is 0 Å². The van der Waals surface area contributed by atoms with Crippen molar-refractivity contribution in [2.45, 2.75) is 32.9 Å². The highest BCUT2D eigenvalue weighted by Crippen LogP contribution is 2.27. The Morgan fingerprint density at radius 1 is 1.29 bits per heavy atom. The number of rotatable bonds is 4. The second kappa shape index (κ2) is 5.98. The molecule has 112 valence electrons. The summed E-state index contributed by atoms with van der Waals surface area (Å²) >= 11 is 6.21. The fourth-order valence-corrected chi connectivity index (χ4v) is 2.97. The maximum Gasteiger partial charge on any atom is 0.203 e. The van der Waals surface area contributed by atoms with Crippen LogP contribution in [0.3, 0.4) is 0 Å². The predicted octanol–water partition coefficient (Wildman–Crippen LogP) is 3.71. The Hall–Kier alpha value is -1.68. The molecule has 1 aromatic heterocycles. The monoisotopic (exact) mass is 306 g/mol. The van der Waals surface area contributed by atoms with Crippen molar-refractivity contribution in [3.8, 4) is 11.5 Å². The molecule has 0 saturated heterocycles. The molecule has 1 atom stereocenters. The molecule has 0 fully saturated rings. The Morgan fingerprint density at radius 2 is 2.00 bits per heavy atom. The Kier molecular flexibility index (Phi) is 4.06. The van der Waals surface area contributed by atoms with Crippen LogP contribution < -0.4 is 9.47 Å². The first-order valence-electron chi connectivity index (χ1n) is 7.18. The zero-order valence-corrected chi connectivity index (χ0v) is 13.1. The lowest BCUT2D eigenvalue weighted by atomic mass is 9.97. The summed E-state index contributed by atoms with van der Waals surface area (Å²) in [7, 11) is 1.65. The van der Waals surface area contributed by atoms with Crippen LogP contribution in [0.4, 0.5) is 0 Å². The van der Waals surface area contributed by atoms with Gasteiger partial charge in [0.2, 0.25) is 5.28 Å². The Morgan fingerprint density at radius 3 is 2.71 bits per heavy atom. The fraction of sp³-hybridized carbons (Fsp3) is 0.438. The molecule has 0 saturated carbocycles. The third-order valence-corrected chi connectivity index (χ3v) is 4.22. The van der Waals surface area contributed by atoms with Crippen molar-refractivity contribution in [3.05, 3.63) is 40.9 Å². The van der Waals surface area contributed by atoms with Gasteiger partial charge in [0.05, 0.1) is 7.11 Å². The van der Waals surface area contributed by atoms with Gasteiger partial charge in [-0.15, -0.1) is 0 Å². The van der Waals surface area contributed by atoms with Crippen molar-refractivity contribution in [2.75, 3.05) is 7.11 Å². The molecule has 1 aliphatic heterocycles. The highest BCUT2D eigenvalue weighted by Gasteiger charge is 2.22. The molecule has 1 unspecified atom stereocenters. The van der Waals surface area contributed by atoms with E-state index in [1.165, 1.54) is 5.69 Å². The highest BCUT2D eigenvalue weighted by atomic mass is 35.5. The van der Waals surface area contributed by atoms with Crippen molar-refractivity contribution >= 4 is 11.6 Å². The summed E-state index contributed by atoms with van der Waals surface area (Å²) < 4.78 is 13.1. The molecule has 0 N–H and O–H groups in total. The Bertz CT molecular complexity index is 622. The van der Waals surface area contributed by atoms with Crippen LogP contribution in [-0.2, 0) is 19.6 Å². The molecule has 1 aromatic carbocycles. The number of hydrogen-bond donors (Lipinski definition) is 0. The standard InChI is InChI=1S/C16H19ClN2O2/c1-11-7-8-19-15(9-11)14(18-16(19)17)10-21-13-5-3-12(20-2)4-6-13/h3-6,11H,7-10H2,1-2H3. The molecule has 0 bridgehead atoms. The van der Waals surface area contributed by atoms with Crippen molar-refractivity contribution < 1.29 is 9.47 Å². The first-order chi connectivity index (χ1) is 10.2. The summed E-state index contributed by atoms with van der Waals surface area (Å²) in [5.74, 6) is 2.29. The van der Waals surface area contributed by atoms with Gasteiger partial charge in [0.25, 0.3) is 0 Å². The molecule has 0 spiro atoms. The molecule has 4 nitrogen and oxygen atoms in total. The number of imidazole rings is 1. The predicted molar refractivity (Wildman–Crippen MR) is 82.0 cm³/mol. The molecule has 3 rings (SSSR count). The first-order valence-corrected chi connectivity index (χ1v) is 7.56. The van der Waals surface area contributed by atoms with Gasteiger partial charge in [-0.1, -0.05) is 6.92 Å². The lowest BCUT2D eigenvalue weighted by Gasteiger charge is -2.21. The van der Waals surface area contributed by atoms with Crippen LogP contribution in [0, 0.1) is 5.92 Å². The number of fused-ring (bicyclic) bond motifs is 1. The van der Waals surface area contributed by atoms with Crippen LogP contribution in [0.15, 0.2) is 24.3 Å². The average Bonchev–Trinajstić information content (AvgIpc) is 2.81. The Labute approximate surface area is 129 Å². The SMILES string of the molecule is COc1ccc(OCc2nc(Cl)n3c2CC(C)CC3)cc1. The van der Waals surface area contributed by atoms with E-state index in [0.717, 1.165) is 36.6 Å². The quantitative estimate of drug-likeness (QED) is 0.864. The maximum atomic E-state index is 6.21. The van der Waals surface area contributed by atoms with Crippen LogP contribution >= 0.6 is 11.6 Å². The van der Waals surface area contributed by atoms with Crippen molar-refractivity contribution in [1.82, 2.24) is 9.55 Å². The molecule has 0 amide bonds. The third kappa shape index (κ3) is 3.00. The van der Waals surface area contributed by atoms with Crippen molar-refractivity contribution in [3.63, 3.8) is 0 Å². The minimum absolute atomic E-state index is 0.446. The lowest BCUT2D eigenvalue weighted by molar-refractivity contribution is 0.297. The summed E-state index contributed by atoms with van der Waals surface area (Å²) in [5, 5.41) is 0.574. The summed E-state index contributed by atoms with van der Waals surface area (Å²) in [6.07, 6.45) is 2.17. The van der Waals surface area contributed by atoms with Gasteiger partial charge in [-0.25, -0.2) is 4.98 Å². The van der Waals surface area contributed by atoms with Gasteiger partial charge in [0, 0.05) is 12.2 Å². The van der Waals surface area contributed by atoms with Crippen LogP contribution in [0.2, 0.25) is 5.28 Å². The number of benzene rings is 1. The zero-order valence-electron chi connectivity index (χ0n) is 12.3. The van der Waals surface area contributed by atoms with E-state index >= 15 is 0 Å². The van der Waals surface area contributed by atoms with Gasteiger partial charge in [0.1, 0.15) is 23.8 Å². The van der Waals surface area contributed by atoms with E-state index in [9.17, 15) is 0 Å². The molecule has 2 heterocycles. The van der Waals surface area contributed by atoms with Gasteiger partial charge in [-0.3, -0.25) is 0 Å². The second-order valence-electron chi connectivity index (χ2n) is 5.49. The van der Waals surface area contributed by atoms with Crippen LogP contribution in [0.5, 0.6) is 11.5 Å². The number of ether oxygens (including phenoxy) is 2. The number of nitrogens with zero attached hydrogens (tertiary/aromatic N) is 2. The first kappa shape index (κ1) is 14.3. The number of methoxy groups -OCH3 is 1. The van der Waals surface area contributed by atoms with Crippen LogP contribution in [0.1, 0.15) is 24.7 Å². The van der Waals surface area contributed by atoms with E-state index in [0.29, 0.717) is 17.8 Å². The molecule has 0 radical (unpaired) electrons. The number of halogens is 1. The topological polar surface area (TPSA) is 36.3 Å². The molecule has 0 aliphatic carbocycles. The van der Waals surface area contributed by atoms with Gasteiger partial charge in [-0.2, -0.15) is 0 Å². The molecule has 5 heteroatoms. The van der Waals surface area contributed by atoms with Crippen molar-refractivity contribution in [1.29, 1.82) is 0 Å². The normalized spacial score (nSPS) is 17.4. The summed E-state index contributed by atoms with van der Waals surface area (Å²) in [4.78, 5) is 4.45. The van der Waals surface area contributed by atoms with E-state index in [-0.39, 0.29) is 0 Å². The van der Waals surface area contributed by atoms with E-state index in [2.05, 4.69) is 16.5 Å². The summed E-state index contributed by atoms with van der Waals surface area (Å²) in [6.45, 7) is 3.66. The molecule has 21 heavy (non-hydrogen) atoms. The number of hydrogen-bond acceptors (Lipinski definition) is 3. The summed E-state index contributed by atoms with van der Waals surface area (Å²) in [6, 6.07) is 7.55.